The third kappa shape index (κ3) is 3.06. The maximum Gasteiger partial charge on any atom is 0.257 e. The van der Waals surface area contributed by atoms with E-state index >= 15 is 0 Å². The summed E-state index contributed by atoms with van der Waals surface area (Å²) in [4.78, 5) is 11.6. The average molecular weight is 266 g/mol. The van der Waals surface area contributed by atoms with Crippen LogP contribution in [0, 0.1) is 11.6 Å². The van der Waals surface area contributed by atoms with Crippen LogP contribution < -0.4 is 11.1 Å². The second-order valence-electron chi connectivity index (χ2n) is 3.89. The van der Waals surface area contributed by atoms with Gasteiger partial charge in [0, 0.05) is 12.7 Å². The summed E-state index contributed by atoms with van der Waals surface area (Å²) >= 11 is 0. The van der Waals surface area contributed by atoms with Crippen LogP contribution in [0.1, 0.15) is 10.4 Å². The first-order chi connectivity index (χ1) is 9.08. The van der Waals surface area contributed by atoms with E-state index in [9.17, 15) is 13.6 Å². The molecule has 0 unspecified atom stereocenters. The van der Waals surface area contributed by atoms with Crippen molar-refractivity contribution >= 4 is 11.6 Å². The lowest BCUT2D eigenvalue weighted by molar-refractivity contribution is 0.0943. The van der Waals surface area contributed by atoms with Crippen molar-refractivity contribution in [3.05, 3.63) is 47.8 Å². The van der Waals surface area contributed by atoms with Crippen LogP contribution in [-0.2, 0) is 6.54 Å². The van der Waals surface area contributed by atoms with E-state index in [1.54, 1.807) is 6.20 Å². The number of hydrogen-bond donors (Lipinski definition) is 2. The SMILES string of the molecule is Nc1cnn(CCNC(=O)c2c(F)cccc2F)c1. The first-order valence-corrected chi connectivity index (χ1v) is 5.58. The number of halogens is 2. The van der Waals surface area contributed by atoms with Gasteiger partial charge >= 0.3 is 0 Å². The Kier molecular flexibility index (Phi) is 3.74. The van der Waals surface area contributed by atoms with Crippen LogP contribution in [-0.4, -0.2) is 22.2 Å². The lowest BCUT2D eigenvalue weighted by atomic mass is 10.2. The van der Waals surface area contributed by atoms with Gasteiger partial charge in [0.1, 0.15) is 17.2 Å². The van der Waals surface area contributed by atoms with Crippen molar-refractivity contribution < 1.29 is 13.6 Å². The summed E-state index contributed by atoms with van der Waals surface area (Å²) < 4.78 is 28.2. The van der Waals surface area contributed by atoms with Gasteiger partial charge in [0.05, 0.1) is 18.4 Å². The molecule has 7 heteroatoms. The molecular formula is C12H12F2N4O. The molecule has 0 saturated heterocycles. The van der Waals surface area contributed by atoms with E-state index in [1.807, 2.05) is 0 Å². The van der Waals surface area contributed by atoms with Gasteiger partial charge < -0.3 is 11.1 Å². The smallest absolute Gasteiger partial charge is 0.257 e. The van der Waals surface area contributed by atoms with Crippen LogP contribution in [0.3, 0.4) is 0 Å². The molecule has 1 aromatic carbocycles. The van der Waals surface area contributed by atoms with Crippen LogP contribution in [0.25, 0.3) is 0 Å². The van der Waals surface area contributed by atoms with Crippen molar-refractivity contribution in [1.29, 1.82) is 0 Å². The molecule has 100 valence electrons. The predicted molar refractivity (Wildman–Crippen MR) is 65.3 cm³/mol. The molecule has 0 bridgehead atoms. The van der Waals surface area contributed by atoms with Crippen molar-refractivity contribution in [3.63, 3.8) is 0 Å². The summed E-state index contributed by atoms with van der Waals surface area (Å²) in [6, 6.07) is 3.27. The topological polar surface area (TPSA) is 72.9 Å². The maximum atomic E-state index is 13.3. The fourth-order valence-corrected chi connectivity index (χ4v) is 1.59. The first-order valence-electron chi connectivity index (χ1n) is 5.58. The van der Waals surface area contributed by atoms with Crippen molar-refractivity contribution in [2.24, 2.45) is 0 Å². The molecule has 0 aliphatic rings. The number of amides is 1. The first kappa shape index (κ1) is 13.0. The predicted octanol–water partition coefficient (Wildman–Crippen LogP) is 1.17. The molecule has 0 aliphatic heterocycles. The largest absolute Gasteiger partial charge is 0.396 e. The minimum Gasteiger partial charge on any atom is -0.396 e. The Hall–Kier alpha value is -2.44. The minimum atomic E-state index is -0.888. The highest BCUT2D eigenvalue weighted by Crippen LogP contribution is 2.11. The van der Waals surface area contributed by atoms with Crippen molar-refractivity contribution in [2.45, 2.75) is 6.54 Å². The van der Waals surface area contributed by atoms with Crippen molar-refractivity contribution in [3.8, 4) is 0 Å². The normalized spacial score (nSPS) is 10.4. The number of nitrogens with one attached hydrogen (secondary N) is 1. The lowest BCUT2D eigenvalue weighted by Crippen LogP contribution is -2.29. The van der Waals surface area contributed by atoms with Gasteiger partial charge in [-0.2, -0.15) is 5.10 Å². The van der Waals surface area contributed by atoms with Crippen LogP contribution in [0.15, 0.2) is 30.6 Å². The van der Waals surface area contributed by atoms with Crippen LogP contribution in [0.4, 0.5) is 14.5 Å². The molecule has 0 saturated carbocycles. The number of nitrogen functional groups attached to an aromatic ring is 1. The number of carbonyl (C=O) groups is 1. The fraction of sp³-hybridized carbons (Fsp3) is 0.167. The highest BCUT2D eigenvalue weighted by molar-refractivity contribution is 5.94. The number of anilines is 1. The molecule has 0 aliphatic carbocycles. The number of rotatable bonds is 4. The van der Waals surface area contributed by atoms with E-state index in [2.05, 4.69) is 10.4 Å². The Labute approximate surface area is 108 Å². The molecule has 1 amide bonds. The Morgan fingerprint density at radius 2 is 2.05 bits per heavy atom. The summed E-state index contributed by atoms with van der Waals surface area (Å²) in [6.45, 7) is 0.548. The number of aromatic nitrogens is 2. The number of carbonyl (C=O) groups excluding carboxylic acids is 1. The summed E-state index contributed by atoms with van der Waals surface area (Å²) in [7, 11) is 0. The Balaban J connectivity index is 1.94. The summed E-state index contributed by atoms with van der Waals surface area (Å²) in [6.07, 6.45) is 3.06. The maximum absolute atomic E-state index is 13.3. The minimum absolute atomic E-state index is 0.188. The number of hydrogen-bond acceptors (Lipinski definition) is 3. The Bertz CT molecular complexity index is 577. The summed E-state index contributed by atoms with van der Waals surface area (Å²) in [5.41, 5.74) is 5.40. The molecule has 5 nitrogen and oxygen atoms in total. The van der Waals surface area contributed by atoms with E-state index in [4.69, 9.17) is 5.73 Å². The third-order valence-electron chi connectivity index (χ3n) is 2.47. The molecule has 0 spiro atoms. The molecular weight excluding hydrogens is 254 g/mol. The molecule has 0 fully saturated rings. The standard InChI is InChI=1S/C12H12F2N4O/c13-9-2-1-3-10(14)11(9)12(19)16-4-5-18-7-8(15)6-17-18/h1-3,6-7H,4-5,15H2,(H,16,19). The van der Waals surface area contributed by atoms with Gasteiger partial charge in [-0.15, -0.1) is 0 Å². The Morgan fingerprint density at radius 3 is 2.63 bits per heavy atom. The third-order valence-corrected chi connectivity index (χ3v) is 2.47. The van der Waals surface area contributed by atoms with E-state index in [-0.39, 0.29) is 6.54 Å². The zero-order chi connectivity index (χ0) is 13.8. The zero-order valence-electron chi connectivity index (χ0n) is 9.94. The zero-order valence-corrected chi connectivity index (χ0v) is 9.94. The second-order valence-corrected chi connectivity index (χ2v) is 3.89. The van der Waals surface area contributed by atoms with Gasteiger partial charge in [-0.3, -0.25) is 9.48 Å². The molecule has 1 heterocycles. The van der Waals surface area contributed by atoms with Gasteiger partial charge in [-0.1, -0.05) is 6.07 Å². The molecule has 2 aromatic rings. The number of nitrogens with zero attached hydrogens (tertiary/aromatic N) is 2. The van der Waals surface area contributed by atoms with Crippen molar-refractivity contribution in [1.82, 2.24) is 15.1 Å². The molecule has 1 aromatic heterocycles. The van der Waals surface area contributed by atoms with E-state index < -0.39 is 23.1 Å². The molecule has 0 atom stereocenters. The average Bonchev–Trinajstić information content (AvgIpc) is 2.75. The van der Waals surface area contributed by atoms with Crippen molar-refractivity contribution in [2.75, 3.05) is 12.3 Å². The van der Waals surface area contributed by atoms with Gasteiger partial charge in [0.25, 0.3) is 5.91 Å². The highest BCUT2D eigenvalue weighted by Gasteiger charge is 2.16. The van der Waals surface area contributed by atoms with Gasteiger partial charge in [-0.05, 0) is 12.1 Å². The number of benzene rings is 1. The molecule has 19 heavy (non-hydrogen) atoms. The van der Waals surface area contributed by atoms with E-state index in [0.29, 0.717) is 12.2 Å². The molecule has 0 radical (unpaired) electrons. The Morgan fingerprint density at radius 1 is 1.37 bits per heavy atom. The van der Waals surface area contributed by atoms with E-state index in [1.165, 1.54) is 16.9 Å². The highest BCUT2D eigenvalue weighted by atomic mass is 19.1. The van der Waals surface area contributed by atoms with Crippen LogP contribution in [0.5, 0.6) is 0 Å². The molecule has 2 rings (SSSR count). The summed E-state index contributed by atoms with van der Waals surface area (Å²) in [5, 5.41) is 6.33. The van der Waals surface area contributed by atoms with Gasteiger partial charge in [-0.25, -0.2) is 8.78 Å². The van der Waals surface area contributed by atoms with Crippen LogP contribution >= 0.6 is 0 Å². The van der Waals surface area contributed by atoms with E-state index in [0.717, 1.165) is 12.1 Å². The quantitative estimate of drug-likeness (QED) is 0.872. The van der Waals surface area contributed by atoms with Crippen LogP contribution in [0.2, 0.25) is 0 Å². The molecule has 3 N–H and O–H groups in total. The fourth-order valence-electron chi connectivity index (χ4n) is 1.59. The van der Waals surface area contributed by atoms with Gasteiger partial charge in [0.15, 0.2) is 0 Å². The number of nitrogens with two attached hydrogens (primary N) is 1. The van der Waals surface area contributed by atoms with Gasteiger partial charge in [0.2, 0.25) is 0 Å². The summed E-state index contributed by atoms with van der Waals surface area (Å²) in [5.74, 6) is -2.57. The lowest BCUT2D eigenvalue weighted by Gasteiger charge is -2.07. The monoisotopic (exact) mass is 266 g/mol. The second kappa shape index (κ2) is 5.47.